The average Bonchev–Trinajstić information content (AvgIpc) is 2.24. The molecule has 1 fully saturated rings. The van der Waals surface area contributed by atoms with Crippen molar-refractivity contribution >= 4 is 5.97 Å². The lowest BCUT2D eigenvalue weighted by Gasteiger charge is -2.50. The van der Waals surface area contributed by atoms with Gasteiger partial charge >= 0.3 is 5.97 Å². The molecule has 0 amide bonds. The largest absolute Gasteiger partial charge is 0.469 e. The summed E-state index contributed by atoms with van der Waals surface area (Å²) in [4.78, 5) is 11.4. The fraction of sp³-hybridized carbons (Fsp3) is 0.643. The van der Waals surface area contributed by atoms with Gasteiger partial charge in [0.1, 0.15) is 0 Å². The summed E-state index contributed by atoms with van der Waals surface area (Å²) in [6, 6.07) is 0. The fourth-order valence-electron chi connectivity index (χ4n) is 3.04. The summed E-state index contributed by atoms with van der Waals surface area (Å²) in [5, 5.41) is 0. The van der Waals surface area contributed by atoms with Gasteiger partial charge in [-0.2, -0.15) is 0 Å². The van der Waals surface area contributed by atoms with Crippen LogP contribution < -0.4 is 0 Å². The number of fused-ring (bicyclic) bond motifs is 2. The first-order valence-corrected chi connectivity index (χ1v) is 6.02. The lowest BCUT2D eigenvalue weighted by Crippen LogP contribution is -2.50. The summed E-state index contributed by atoms with van der Waals surface area (Å²) < 4.78 is 10.5. The predicted molar refractivity (Wildman–Crippen MR) is 65.4 cm³/mol. The molecule has 2 bridgehead atoms. The van der Waals surface area contributed by atoms with Gasteiger partial charge in [-0.3, -0.25) is 4.79 Å². The molecule has 0 radical (unpaired) electrons. The number of carbonyl (C=O) groups excluding carboxylic acids is 1. The molecular formula is C14H20O3. The van der Waals surface area contributed by atoms with Gasteiger partial charge < -0.3 is 9.47 Å². The summed E-state index contributed by atoms with van der Waals surface area (Å²) in [5.41, 5.74) is 1.16. The zero-order valence-corrected chi connectivity index (χ0v) is 10.7. The molecule has 0 N–H and O–H groups in total. The minimum absolute atomic E-state index is 0.1000. The number of hydrogen-bond donors (Lipinski definition) is 0. The van der Waals surface area contributed by atoms with Gasteiger partial charge in [-0.05, 0) is 11.0 Å². The van der Waals surface area contributed by atoms with Crippen LogP contribution in [0.4, 0.5) is 0 Å². The van der Waals surface area contributed by atoms with Crippen LogP contribution in [0.15, 0.2) is 24.3 Å². The highest BCUT2D eigenvalue weighted by Gasteiger charge is 2.48. The third kappa shape index (κ3) is 2.04. The molecule has 0 saturated carbocycles. The van der Waals surface area contributed by atoms with Crippen molar-refractivity contribution < 1.29 is 14.3 Å². The number of rotatable bonds is 2. The van der Waals surface area contributed by atoms with Gasteiger partial charge in [0.25, 0.3) is 0 Å². The van der Waals surface area contributed by atoms with Gasteiger partial charge in [0, 0.05) is 11.8 Å². The maximum Gasteiger partial charge on any atom is 0.308 e. The van der Waals surface area contributed by atoms with E-state index in [-0.39, 0.29) is 23.4 Å². The number of esters is 1. The van der Waals surface area contributed by atoms with E-state index in [4.69, 9.17) is 9.47 Å². The van der Waals surface area contributed by atoms with E-state index in [1.54, 1.807) is 0 Å². The van der Waals surface area contributed by atoms with E-state index >= 15 is 0 Å². The monoisotopic (exact) mass is 236 g/mol. The van der Waals surface area contributed by atoms with Crippen LogP contribution in [0.25, 0.3) is 0 Å². The van der Waals surface area contributed by atoms with Crippen molar-refractivity contribution in [2.24, 2.45) is 17.3 Å². The predicted octanol–water partition coefficient (Wildman–Crippen LogP) is 2.33. The van der Waals surface area contributed by atoms with Crippen molar-refractivity contribution in [3.63, 3.8) is 0 Å². The van der Waals surface area contributed by atoms with Crippen molar-refractivity contribution in [1.82, 2.24) is 0 Å². The van der Waals surface area contributed by atoms with Gasteiger partial charge in [0.15, 0.2) is 0 Å². The van der Waals surface area contributed by atoms with Crippen LogP contribution in [0.1, 0.15) is 20.3 Å². The van der Waals surface area contributed by atoms with Crippen LogP contribution in [0.5, 0.6) is 0 Å². The number of allylic oxidation sites excluding steroid dienone is 1. The summed E-state index contributed by atoms with van der Waals surface area (Å²) >= 11 is 0. The Morgan fingerprint density at radius 1 is 1.65 bits per heavy atom. The van der Waals surface area contributed by atoms with Crippen LogP contribution in [0.2, 0.25) is 0 Å². The van der Waals surface area contributed by atoms with Crippen molar-refractivity contribution in [2.45, 2.75) is 26.4 Å². The highest BCUT2D eigenvalue weighted by Crippen LogP contribution is 2.50. The Morgan fingerprint density at radius 2 is 2.35 bits per heavy atom. The van der Waals surface area contributed by atoms with Crippen LogP contribution in [-0.4, -0.2) is 25.8 Å². The second-order valence-electron chi connectivity index (χ2n) is 5.49. The van der Waals surface area contributed by atoms with E-state index < -0.39 is 0 Å². The number of ether oxygens (including phenoxy) is 2. The highest BCUT2D eigenvalue weighted by atomic mass is 16.5. The topological polar surface area (TPSA) is 35.5 Å². The van der Waals surface area contributed by atoms with Crippen LogP contribution >= 0.6 is 0 Å². The molecule has 2 rings (SSSR count). The Morgan fingerprint density at radius 3 is 3.00 bits per heavy atom. The fourth-order valence-corrected chi connectivity index (χ4v) is 3.04. The molecule has 0 unspecified atom stereocenters. The first-order chi connectivity index (χ1) is 7.96. The standard InChI is InChI=1S/C14H20O3/c1-9-5-6-10-8-17-11(7-12(15)16-4)13(9)14(10,2)3/h5-6,10-11,13H,1,7-8H2,2-4H3/t10-,11-,13+/m1/s1. The minimum Gasteiger partial charge on any atom is -0.469 e. The molecule has 1 aliphatic heterocycles. The van der Waals surface area contributed by atoms with Gasteiger partial charge in [-0.1, -0.05) is 32.6 Å². The molecule has 3 heteroatoms. The lowest BCUT2D eigenvalue weighted by molar-refractivity contribution is -0.152. The van der Waals surface area contributed by atoms with Crippen molar-refractivity contribution in [1.29, 1.82) is 0 Å². The van der Waals surface area contributed by atoms with Crippen LogP contribution in [0, 0.1) is 17.3 Å². The summed E-state index contributed by atoms with van der Waals surface area (Å²) in [6.45, 7) is 9.22. The van der Waals surface area contributed by atoms with Gasteiger partial charge in [-0.15, -0.1) is 0 Å². The van der Waals surface area contributed by atoms with E-state index in [2.05, 4.69) is 32.6 Å². The number of carbonyl (C=O) groups is 1. The van der Waals surface area contributed by atoms with Gasteiger partial charge in [0.05, 0.1) is 26.2 Å². The quantitative estimate of drug-likeness (QED) is 0.690. The molecule has 0 aromatic heterocycles. The highest BCUT2D eigenvalue weighted by molar-refractivity contribution is 5.70. The zero-order chi connectivity index (χ0) is 12.6. The average molecular weight is 236 g/mol. The molecule has 1 heterocycles. The molecule has 1 saturated heterocycles. The molecule has 0 aromatic rings. The molecule has 3 nitrogen and oxygen atoms in total. The second-order valence-corrected chi connectivity index (χ2v) is 5.49. The van der Waals surface area contributed by atoms with Gasteiger partial charge in [0.2, 0.25) is 0 Å². The smallest absolute Gasteiger partial charge is 0.308 e. The molecule has 17 heavy (non-hydrogen) atoms. The molecular weight excluding hydrogens is 216 g/mol. The SMILES string of the molecule is C=C1C=C[C@@H]2CO[C@H](CC(=O)OC)[C@H]1C2(C)C. The second kappa shape index (κ2) is 4.30. The molecule has 0 aromatic carbocycles. The van der Waals surface area contributed by atoms with Gasteiger partial charge in [-0.25, -0.2) is 0 Å². The maximum atomic E-state index is 11.4. The van der Waals surface area contributed by atoms with Crippen molar-refractivity contribution in [3.8, 4) is 0 Å². The summed E-state index contributed by atoms with van der Waals surface area (Å²) in [7, 11) is 1.41. The normalized spacial score (nSPS) is 34.5. The van der Waals surface area contributed by atoms with Crippen LogP contribution in [-0.2, 0) is 14.3 Å². The Bertz CT molecular complexity index is 368. The summed E-state index contributed by atoms with van der Waals surface area (Å²) in [5.74, 6) is 0.392. The zero-order valence-electron chi connectivity index (χ0n) is 10.7. The van der Waals surface area contributed by atoms with E-state index in [1.807, 2.05) is 0 Å². The van der Waals surface area contributed by atoms with Crippen molar-refractivity contribution in [2.75, 3.05) is 13.7 Å². The lowest BCUT2D eigenvalue weighted by atomic mass is 9.60. The Labute approximate surface area is 102 Å². The van der Waals surface area contributed by atoms with E-state index in [0.717, 1.165) is 5.57 Å². The molecule has 94 valence electrons. The molecule has 0 spiro atoms. The van der Waals surface area contributed by atoms with Crippen LogP contribution in [0.3, 0.4) is 0 Å². The Balaban J connectivity index is 2.24. The van der Waals surface area contributed by atoms with Crippen molar-refractivity contribution in [3.05, 3.63) is 24.3 Å². The molecule has 3 atom stereocenters. The molecule has 2 aliphatic rings. The first-order valence-electron chi connectivity index (χ1n) is 6.02. The Kier molecular flexibility index (Phi) is 3.13. The molecule has 1 aliphatic carbocycles. The van der Waals surface area contributed by atoms with E-state index in [0.29, 0.717) is 18.9 Å². The third-order valence-electron chi connectivity index (χ3n) is 4.16. The summed E-state index contributed by atoms with van der Waals surface area (Å²) in [6.07, 6.45) is 4.45. The van der Waals surface area contributed by atoms with E-state index in [9.17, 15) is 4.79 Å². The number of methoxy groups -OCH3 is 1. The number of hydrogen-bond acceptors (Lipinski definition) is 3. The van der Waals surface area contributed by atoms with E-state index in [1.165, 1.54) is 7.11 Å². The Hall–Kier alpha value is -1.09. The maximum absolute atomic E-state index is 11.4. The minimum atomic E-state index is -0.216. The first kappa shape index (κ1) is 12.4. The third-order valence-corrected chi connectivity index (χ3v) is 4.16.